The molecule has 0 radical (unpaired) electrons. The van der Waals surface area contributed by atoms with Gasteiger partial charge in [-0.15, -0.1) is 0 Å². The van der Waals surface area contributed by atoms with Gasteiger partial charge in [0.05, 0.1) is 32.5 Å². The summed E-state index contributed by atoms with van der Waals surface area (Å²) in [4.78, 5) is 1.85. The van der Waals surface area contributed by atoms with Gasteiger partial charge in [0.1, 0.15) is 6.10 Å². The molecule has 6 heteroatoms. The van der Waals surface area contributed by atoms with Gasteiger partial charge in [0.25, 0.3) is 0 Å². The lowest BCUT2D eigenvalue weighted by molar-refractivity contribution is -0.146. The van der Waals surface area contributed by atoms with E-state index in [0.29, 0.717) is 26.3 Å². The molecule has 1 fully saturated rings. The lowest BCUT2D eigenvalue weighted by Crippen LogP contribution is -2.34. The smallest absolute Gasteiger partial charge is 0.163 e. The van der Waals surface area contributed by atoms with Crippen LogP contribution in [0.15, 0.2) is 0 Å². The summed E-state index contributed by atoms with van der Waals surface area (Å²) in [6, 6.07) is 0. The average molecular weight is 263 g/mol. The van der Waals surface area contributed by atoms with Crippen LogP contribution in [0.3, 0.4) is 0 Å². The number of nitrogens with zero attached hydrogens (tertiary/aromatic N) is 1. The van der Waals surface area contributed by atoms with Crippen LogP contribution in [0, 0.1) is 0 Å². The summed E-state index contributed by atoms with van der Waals surface area (Å²) in [6.07, 6.45) is -0.626. The molecule has 0 aliphatic carbocycles. The largest absolute Gasteiger partial charge is 0.395 e. The predicted octanol–water partition coefficient (Wildman–Crippen LogP) is -0.560. The van der Waals surface area contributed by atoms with Crippen molar-refractivity contribution in [3.05, 3.63) is 0 Å². The Bertz CT molecular complexity index is 237. The van der Waals surface area contributed by atoms with Crippen LogP contribution in [-0.2, 0) is 14.2 Å². The molecule has 0 bridgehead atoms. The average Bonchev–Trinajstić information content (AvgIpc) is 2.58. The van der Waals surface area contributed by atoms with Gasteiger partial charge in [-0.05, 0) is 20.9 Å². The Kier molecular flexibility index (Phi) is 6.48. The summed E-state index contributed by atoms with van der Waals surface area (Å²) < 4.78 is 16.4. The first-order valence-electron chi connectivity index (χ1n) is 6.30. The highest BCUT2D eigenvalue weighted by Gasteiger charge is 2.32. The lowest BCUT2D eigenvalue weighted by atomic mass is 10.3. The summed E-state index contributed by atoms with van der Waals surface area (Å²) in [5, 5.41) is 18.4. The van der Waals surface area contributed by atoms with Crippen LogP contribution in [0.1, 0.15) is 13.8 Å². The number of hydrogen-bond acceptors (Lipinski definition) is 6. The number of rotatable bonds is 8. The number of aliphatic hydroxyl groups is 2. The van der Waals surface area contributed by atoms with Crippen LogP contribution in [0.2, 0.25) is 0 Å². The second kappa shape index (κ2) is 7.37. The summed E-state index contributed by atoms with van der Waals surface area (Å²) in [5.41, 5.74) is 0. The second-order valence-electron chi connectivity index (χ2n) is 5.13. The molecule has 6 nitrogen and oxygen atoms in total. The Hall–Kier alpha value is -0.240. The molecule has 0 aromatic carbocycles. The maximum absolute atomic E-state index is 9.70. The highest BCUT2D eigenvalue weighted by Crippen LogP contribution is 2.22. The molecule has 2 N–H and O–H groups in total. The van der Waals surface area contributed by atoms with Gasteiger partial charge in [0, 0.05) is 13.1 Å². The maximum Gasteiger partial charge on any atom is 0.163 e. The molecule has 1 heterocycles. The fourth-order valence-electron chi connectivity index (χ4n) is 1.86. The van der Waals surface area contributed by atoms with E-state index in [2.05, 4.69) is 0 Å². The van der Waals surface area contributed by atoms with Crippen molar-refractivity contribution in [3.8, 4) is 0 Å². The first-order valence-corrected chi connectivity index (χ1v) is 6.30. The fourth-order valence-corrected chi connectivity index (χ4v) is 1.86. The number of ether oxygens (including phenoxy) is 3. The highest BCUT2D eigenvalue weighted by atomic mass is 16.7. The van der Waals surface area contributed by atoms with E-state index in [1.54, 1.807) is 0 Å². The number of likely N-dealkylation sites (N-methyl/N-ethyl adjacent to an activating group) is 1. The predicted molar refractivity (Wildman–Crippen MR) is 66.3 cm³/mol. The van der Waals surface area contributed by atoms with Gasteiger partial charge in [0.2, 0.25) is 0 Å². The van der Waals surface area contributed by atoms with Crippen LogP contribution >= 0.6 is 0 Å². The summed E-state index contributed by atoms with van der Waals surface area (Å²) in [6.45, 7) is 6.05. The molecule has 0 saturated carbocycles. The van der Waals surface area contributed by atoms with E-state index in [1.807, 2.05) is 25.8 Å². The van der Waals surface area contributed by atoms with E-state index in [-0.39, 0.29) is 19.3 Å². The molecular weight excluding hydrogens is 238 g/mol. The van der Waals surface area contributed by atoms with E-state index < -0.39 is 11.9 Å². The van der Waals surface area contributed by atoms with Gasteiger partial charge in [-0.3, -0.25) is 0 Å². The van der Waals surface area contributed by atoms with Gasteiger partial charge < -0.3 is 29.3 Å². The minimum absolute atomic E-state index is 0.0672. The van der Waals surface area contributed by atoms with Gasteiger partial charge in [-0.1, -0.05) is 0 Å². The molecule has 0 spiro atoms. The molecule has 1 saturated heterocycles. The monoisotopic (exact) mass is 263 g/mol. The van der Waals surface area contributed by atoms with Crippen molar-refractivity contribution in [1.82, 2.24) is 4.90 Å². The van der Waals surface area contributed by atoms with Gasteiger partial charge in [-0.25, -0.2) is 0 Å². The third kappa shape index (κ3) is 6.08. The zero-order valence-electron chi connectivity index (χ0n) is 11.5. The molecule has 18 heavy (non-hydrogen) atoms. The highest BCUT2D eigenvalue weighted by molar-refractivity contribution is 4.70. The van der Waals surface area contributed by atoms with Crippen LogP contribution in [0.4, 0.5) is 0 Å². The van der Waals surface area contributed by atoms with Crippen molar-refractivity contribution in [2.24, 2.45) is 0 Å². The fraction of sp³-hybridized carbons (Fsp3) is 1.00. The van der Waals surface area contributed by atoms with Crippen LogP contribution in [0.5, 0.6) is 0 Å². The molecule has 2 atom stereocenters. The minimum Gasteiger partial charge on any atom is -0.395 e. The zero-order valence-corrected chi connectivity index (χ0v) is 11.5. The van der Waals surface area contributed by atoms with Crippen molar-refractivity contribution in [1.29, 1.82) is 0 Å². The number of aliphatic hydroxyl groups excluding tert-OH is 2. The van der Waals surface area contributed by atoms with E-state index in [1.165, 1.54) is 0 Å². The Balaban J connectivity index is 2.07. The van der Waals surface area contributed by atoms with E-state index in [9.17, 15) is 5.11 Å². The molecule has 1 aliphatic rings. The zero-order chi connectivity index (χ0) is 13.6. The molecule has 0 aromatic heterocycles. The standard InChI is InChI=1S/C12H25NO5/c1-12(2)17-9-11(18-12)8-16-7-10(15)6-13(3)4-5-14/h10-11,14-15H,4-9H2,1-3H3. The molecular formula is C12H25NO5. The third-order valence-corrected chi connectivity index (χ3v) is 2.69. The topological polar surface area (TPSA) is 71.4 Å². The summed E-state index contributed by atoms with van der Waals surface area (Å²) in [7, 11) is 1.84. The summed E-state index contributed by atoms with van der Waals surface area (Å²) >= 11 is 0. The number of hydrogen-bond donors (Lipinski definition) is 2. The van der Waals surface area contributed by atoms with Crippen LogP contribution in [-0.4, -0.2) is 79.7 Å². The Morgan fingerprint density at radius 3 is 2.78 bits per heavy atom. The van der Waals surface area contributed by atoms with E-state index in [0.717, 1.165) is 0 Å². The lowest BCUT2D eigenvalue weighted by Gasteiger charge is -2.20. The van der Waals surface area contributed by atoms with Crippen molar-refractivity contribution in [3.63, 3.8) is 0 Å². The van der Waals surface area contributed by atoms with Gasteiger partial charge in [0.15, 0.2) is 5.79 Å². The Morgan fingerprint density at radius 1 is 1.50 bits per heavy atom. The summed E-state index contributed by atoms with van der Waals surface area (Å²) in [5.74, 6) is -0.534. The van der Waals surface area contributed by atoms with Crippen molar-refractivity contribution in [2.45, 2.75) is 31.8 Å². The van der Waals surface area contributed by atoms with Gasteiger partial charge in [-0.2, -0.15) is 0 Å². The van der Waals surface area contributed by atoms with Crippen molar-refractivity contribution < 1.29 is 24.4 Å². The molecule has 0 amide bonds. The van der Waals surface area contributed by atoms with Crippen LogP contribution in [0.25, 0.3) is 0 Å². The van der Waals surface area contributed by atoms with Crippen molar-refractivity contribution >= 4 is 0 Å². The Morgan fingerprint density at radius 2 is 2.22 bits per heavy atom. The molecule has 108 valence electrons. The first-order chi connectivity index (χ1) is 8.43. The SMILES string of the molecule is CN(CCO)CC(O)COCC1COC(C)(C)O1. The molecule has 1 aliphatic heterocycles. The van der Waals surface area contributed by atoms with E-state index >= 15 is 0 Å². The maximum atomic E-state index is 9.70. The Labute approximate surface area is 108 Å². The van der Waals surface area contributed by atoms with Gasteiger partial charge >= 0.3 is 0 Å². The minimum atomic E-state index is -0.558. The third-order valence-electron chi connectivity index (χ3n) is 2.69. The first kappa shape index (κ1) is 15.8. The van der Waals surface area contributed by atoms with Crippen molar-refractivity contribution in [2.75, 3.05) is 46.6 Å². The van der Waals surface area contributed by atoms with Crippen LogP contribution < -0.4 is 0 Å². The normalized spacial score (nSPS) is 24.7. The quantitative estimate of drug-likeness (QED) is 0.612. The second-order valence-corrected chi connectivity index (χ2v) is 5.13. The molecule has 0 aromatic rings. The molecule has 1 rings (SSSR count). The van der Waals surface area contributed by atoms with E-state index in [4.69, 9.17) is 19.3 Å². The molecule has 2 unspecified atom stereocenters.